The summed E-state index contributed by atoms with van der Waals surface area (Å²) in [5.74, 6) is 0.0123. The predicted molar refractivity (Wildman–Crippen MR) is 138 cm³/mol. The number of rotatable bonds is 12. The first kappa shape index (κ1) is 25.9. The van der Waals surface area contributed by atoms with Crippen molar-refractivity contribution in [3.63, 3.8) is 0 Å². The van der Waals surface area contributed by atoms with Gasteiger partial charge in [0.1, 0.15) is 0 Å². The Morgan fingerprint density at radius 3 is 2.42 bits per heavy atom. The number of hydrogen-bond acceptors (Lipinski definition) is 0. The summed E-state index contributed by atoms with van der Waals surface area (Å²) in [5.41, 5.74) is 3.60. The number of unbranched alkanes of at least 4 members (excludes halogenated alkanes) is 3. The summed E-state index contributed by atoms with van der Waals surface area (Å²) in [4.78, 5) is 0. The van der Waals surface area contributed by atoms with Crippen molar-refractivity contribution in [2.45, 2.75) is 110 Å². The molecule has 2 heteroatoms. The molecule has 33 heavy (non-hydrogen) atoms. The highest BCUT2D eigenvalue weighted by atomic mass is 19.2. The molecule has 0 N–H and O–H groups in total. The topological polar surface area (TPSA) is 0 Å². The molecule has 3 rings (SSSR count). The standard InChI is InChI=1S/C31H44F2/c1-3-5-7-11-25-14-16-26(17-15-25)12-8-9-13-28-22-23-29(31(33)30(28)32)27-20-18-24(19-21-27)10-6-4-2/h8,12,14,20,22-24,26H,3-7,9-11,13,15-19,21H2,1-2H3/b12-8+. The molecule has 1 aromatic rings. The minimum absolute atomic E-state index is 0.476. The molecule has 0 saturated heterocycles. The molecule has 2 aliphatic carbocycles. The van der Waals surface area contributed by atoms with Crippen molar-refractivity contribution in [1.29, 1.82) is 0 Å². The van der Waals surface area contributed by atoms with Crippen molar-refractivity contribution < 1.29 is 8.78 Å². The second kappa shape index (κ2) is 13.9. The molecule has 0 aromatic heterocycles. The largest absolute Gasteiger partial charge is 0.203 e. The zero-order valence-corrected chi connectivity index (χ0v) is 21.0. The van der Waals surface area contributed by atoms with Crippen molar-refractivity contribution in [2.75, 3.05) is 0 Å². The summed E-state index contributed by atoms with van der Waals surface area (Å²) >= 11 is 0. The van der Waals surface area contributed by atoms with E-state index in [2.05, 4.69) is 38.2 Å². The zero-order valence-electron chi connectivity index (χ0n) is 21.0. The fourth-order valence-electron chi connectivity index (χ4n) is 5.36. The fourth-order valence-corrected chi connectivity index (χ4v) is 5.36. The first-order chi connectivity index (χ1) is 16.1. The van der Waals surface area contributed by atoms with Crippen molar-refractivity contribution in [3.8, 4) is 0 Å². The van der Waals surface area contributed by atoms with E-state index in [0.717, 1.165) is 37.7 Å². The van der Waals surface area contributed by atoms with Crippen LogP contribution in [0.15, 0.2) is 42.0 Å². The second-order valence-corrected chi connectivity index (χ2v) is 10.2. The van der Waals surface area contributed by atoms with Gasteiger partial charge in [-0.2, -0.15) is 0 Å². The smallest absolute Gasteiger partial charge is 0.166 e. The van der Waals surface area contributed by atoms with Crippen LogP contribution in [-0.4, -0.2) is 0 Å². The van der Waals surface area contributed by atoms with Crippen molar-refractivity contribution in [3.05, 3.63) is 64.8 Å². The van der Waals surface area contributed by atoms with Crippen LogP contribution < -0.4 is 0 Å². The second-order valence-electron chi connectivity index (χ2n) is 10.2. The Morgan fingerprint density at radius 1 is 0.879 bits per heavy atom. The van der Waals surface area contributed by atoms with E-state index >= 15 is 0 Å². The van der Waals surface area contributed by atoms with Crippen LogP contribution in [-0.2, 0) is 6.42 Å². The van der Waals surface area contributed by atoms with E-state index in [1.54, 1.807) is 11.6 Å². The average molecular weight is 455 g/mol. The van der Waals surface area contributed by atoms with Crippen LogP contribution in [0.1, 0.15) is 115 Å². The number of benzene rings is 1. The predicted octanol–water partition coefficient (Wildman–Crippen LogP) is 10.1. The van der Waals surface area contributed by atoms with Gasteiger partial charge in [0.25, 0.3) is 0 Å². The molecule has 182 valence electrons. The minimum atomic E-state index is -0.650. The Bertz CT molecular complexity index is 830. The molecule has 2 atom stereocenters. The van der Waals surface area contributed by atoms with Gasteiger partial charge in [-0.05, 0) is 87.2 Å². The summed E-state index contributed by atoms with van der Waals surface area (Å²) < 4.78 is 29.6. The van der Waals surface area contributed by atoms with E-state index in [0.29, 0.717) is 29.4 Å². The van der Waals surface area contributed by atoms with E-state index in [1.165, 1.54) is 57.8 Å². The van der Waals surface area contributed by atoms with E-state index in [-0.39, 0.29) is 0 Å². The lowest BCUT2D eigenvalue weighted by Gasteiger charge is -2.22. The lowest BCUT2D eigenvalue weighted by atomic mass is 9.83. The van der Waals surface area contributed by atoms with Gasteiger partial charge in [-0.15, -0.1) is 0 Å². The van der Waals surface area contributed by atoms with E-state index in [4.69, 9.17) is 0 Å². The SMILES string of the molecule is CCCCCC1=CCC(/C=C/CCc2ccc(C3=CCC(CCCC)CC3)c(F)c2F)CC1. The number of hydrogen-bond donors (Lipinski definition) is 0. The van der Waals surface area contributed by atoms with Gasteiger partial charge in [0.2, 0.25) is 0 Å². The number of halogens is 2. The van der Waals surface area contributed by atoms with Gasteiger partial charge in [0, 0.05) is 5.56 Å². The van der Waals surface area contributed by atoms with Crippen LogP contribution in [0.25, 0.3) is 5.57 Å². The summed E-state index contributed by atoms with van der Waals surface area (Å²) in [6.45, 7) is 4.47. The Kier molecular flexibility index (Phi) is 10.9. The maximum absolute atomic E-state index is 14.9. The van der Waals surface area contributed by atoms with Crippen LogP contribution in [0.3, 0.4) is 0 Å². The maximum Gasteiger partial charge on any atom is 0.166 e. The minimum Gasteiger partial charge on any atom is -0.203 e. The average Bonchev–Trinajstić information content (AvgIpc) is 2.84. The Labute approximate surface area is 201 Å². The monoisotopic (exact) mass is 454 g/mol. The van der Waals surface area contributed by atoms with Crippen LogP contribution in [0.2, 0.25) is 0 Å². The first-order valence-corrected chi connectivity index (χ1v) is 13.6. The lowest BCUT2D eigenvalue weighted by Crippen LogP contribution is -2.07. The molecule has 0 heterocycles. The van der Waals surface area contributed by atoms with Gasteiger partial charge < -0.3 is 0 Å². The van der Waals surface area contributed by atoms with Crippen LogP contribution in [0, 0.1) is 23.5 Å². The van der Waals surface area contributed by atoms with Gasteiger partial charge >= 0.3 is 0 Å². The fraction of sp³-hybridized carbons (Fsp3) is 0.613. The van der Waals surface area contributed by atoms with Gasteiger partial charge in [-0.25, -0.2) is 8.78 Å². The Morgan fingerprint density at radius 2 is 1.73 bits per heavy atom. The van der Waals surface area contributed by atoms with Crippen molar-refractivity contribution in [2.24, 2.45) is 11.8 Å². The summed E-state index contributed by atoms with van der Waals surface area (Å²) in [7, 11) is 0. The summed E-state index contributed by atoms with van der Waals surface area (Å²) in [6.07, 6.45) is 25.8. The van der Waals surface area contributed by atoms with Crippen LogP contribution in [0.4, 0.5) is 8.78 Å². The third-order valence-corrected chi connectivity index (χ3v) is 7.63. The number of allylic oxidation sites excluding steroid dienone is 6. The molecule has 0 radical (unpaired) electrons. The normalized spacial score (nSPS) is 21.3. The highest BCUT2D eigenvalue weighted by Crippen LogP contribution is 2.35. The lowest BCUT2D eigenvalue weighted by molar-refractivity contribution is 0.432. The van der Waals surface area contributed by atoms with Gasteiger partial charge in [-0.3, -0.25) is 0 Å². The van der Waals surface area contributed by atoms with E-state index in [9.17, 15) is 8.78 Å². The highest BCUT2D eigenvalue weighted by molar-refractivity contribution is 5.67. The molecule has 0 bridgehead atoms. The molecule has 2 aliphatic rings. The highest BCUT2D eigenvalue weighted by Gasteiger charge is 2.20. The molecule has 1 aromatic carbocycles. The first-order valence-electron chi connectivity index (χ1n) is 13.6. The van der Waals surface area contributed by atoms with Crippen LogP contribution >= 0.6 is 0 Å². The quantitative estimate of drug-likeness (QED) is 0.218. The molecule has 0 saturated carbocycles. The number of aryl methyl sites for hydroxylation is 1. The Hall–Kier alpha value is -1.70. The molecule has 0 nitrogen and oxygen atoms in total. The maximum atomic E-state index is 14.9. The van der Waals surface area contributed by atoms with Gasteiger partial charge in [0.15, 0.2) is 11.6 Å². The molecular formula is C31H44F2. The molecule has 2 unspecified atom stereocenters. The Balaban J connectivity index is 1.48. The van der Waals surface area contributed by atoms with Gasteiger partial charge in [-0.1, -0.05) is 88.0 Å². The summed E-state index contributed by atoms with van der Waals surface area (Å²) in [5, 5.41) is 0. The summed E-state index contributed by atoms with van der Waals surface area (Å²) in [6, 6.07) is 3.61. The van der Waals surface area contributed by atoms with E-state index < -0.39 is 11.6 Å². The van der Waals surface area contributed by atoms with Crippen LogP contribution in [0.5, 0.6) is 0 Å². The molecule has 0 aliphatic heterocycles. The molecule has 0 spiro atoms. The van der Waals surface area contributed by atoms with Crippen molar-refractivity contribution in [1.82, 2.24) is 0 Å². The zero-order chi connectivity index (χ0) is 23.5. The third-order valence-electron chi connectivity index (χ3n) is 7.63. The van der Waals surface area contributed by atoms with Gasteiger partial charge in [0.05, 0.1) is 0 Å². The molecular weight excluding hydrogens is 410 g/mol. The van der Waals surface area contributed by atoms with Crippen molar-refractivity contribution >= 4 is 5.57 Å². The molecule has 0 fully saturated rings. The third kappa shape index (κ3) is 7.94. The molecule has 0 amide bonds. The van der Waals surface area contributed by atoms with E-state index in [1.807, 2.05) is 6.07 Å².